The lowest BCUT2D eigenvalue weighted by molar-refractivity contribution is -0.114. The van der Waals surface area contributed by atoms with E-state index in [9.17, 15) is 9.59 Å². The summed E-state index contributed by atoms with van der Waals surface area (Å²) in [6, 6.07) is -1.04. The van der Waals surface area contributed by atoms with Crippen LogP contribution in [0.2, 0.25) is 0 Å². The predicted octanol–water partition coefficient (Wildman–Crippen LogP) is 0.0311. The largest absolute Gasteiger partial charge is 0.359 e. The number of amides is 2. The van der Waals surface area contributed by atoms with Gasteiger partial charge >= 0.3 is 0 Å². The third kappa shape index (κ3) is 5.31. The molecule has 0 bridgehead atoms. The minimum absolute atomic E-state index is 0.0124. The Morgan fingerprint density at radius 2 is 2.00 bits per heavy atom. The number of nitrogens with zero attached hydrogens (tertiary/aromatic N) is 6. The Labute approximate surface area is 173 Å². The number of hydrogen-bond acceptors (Lipinski definition) is 10. The van der Waals surface area contributed by atoms with E-state index in [1.165, 1.54) is 39.0 Å². The van der Waals surface area contributed by atoms with Gasteiger partial charge in [-0.2, -0.15) is 0 Å². The van der Waals surface area contributed by atoms with Gasteiger partial charge in [0.15, 0.2) is 11.5 Å². The van der Waals surface area contributed by atoms with Crippen LogP contribution in [0, 0.1) is 5.41 Å². The van der Waals surface area contributed by atoms with E-state index < -0.39 is 17.9 Å². The molecule has 0 aromatic carbocycles. The molecule has 0 aliphatic heterocycles. The number of carbonyl (C=O) groups is 2. The molecule has 0 saturated heterocycles. The lowest BCUT2D eigenvalue weighted by atomic mass is 10.1. The molecule has 0 aliphatic carbocycles. The fourth-order valence-electron chi connectivity index (χ4n) is 2.38. The van der Waals surface area contributed by atoms with Crippen LogP contribution in [0.3, 0.4) is 0 Å². The van der Waals surface area contributed by atoms with Crippen molar-refractivity contribution in [3.05, 3.63) is 30.6 Å². The first-order valence-electron chi connectivity index (χ1n) is 9.05. The summed E-state index contributed by atoms with van der Waals surface area (Å²) in [6.07, 6.45) is 6.88. The van der Waals surface area contributed by atoms with E-state index in [4.69, 9.17) is 5.41 Å². The molecule has 30 heavy (non-hydrogen) atoms. The van der Waals surface area contributed by atoms with Crippen LogP contribution in [0.15, 0.2) is 29.9 Å². The van der Waals surface area contributed by atoms with Gasteiger partial charge in [-0.25, -0.2) is 19.9 Å². The quantitative estimate of drug-likeness (QED) is 0.419. The van der Waals surface area contributed by atoms with E-state index in [1.54, 1.807) is 0 Å². The van der Waals surface area contributed by atoms with Crippen LogP contribution in [-0.4, -0.2) is 77.4 Å². The van der Waals surface area contributed by atoms with Crippen LogP contribution < -0.4 is 20.9 Å². The Kier molecular flexibility index (Phi) is 7.85. The van der Waals surface area contributed by atoms with Crippen molar-refractivity contribution in [1.29, 1.82) is 5.41 Å². The van der Waals surface area contributed by atoms with Crippen molar-refractivity contribution in [2.24, 2.45) is 4.99 Å². The van der Waals surface area contributed by atoms with E-state index >= 15 is 0 Å². The minimum Gasteiger partial charge on any atom is -0.359 e. The van der Waals surface area contributed by atoms with Crippen molar-refractivity contribution in [3.63, 3.8) is 0 Å². The topological polar surface area (TPSA) is 161 Å². The number of carbonyl (C=O) groups excluding carboxylic acids is 2. The summed E-state index contributed by atoms with van der Waals surface area (Å²) in [5.41, 5.74) is 0.486. The van der Waals surface area contributed by atoms with E-state index in [-0.39, 0.29) is 17.2 Å². The normalized spacial score (nSPS) is 11.9. The van der Waals surface area contributed by atoms with Crippen molar-refractivity contribution < 1.29 is 9.59 Å². The van der Waals surface area contributed by atoms with Gasteiger partial charge in [-0.3, -0.25) is 14.6 Å². The molecular weight excluding hydrogens is 388 g/mol. The SMILES string of the molecule is CCN(C)c1cnc(Nc2cncnc2)c(C(=O)NC(C=N)C(=NC)C(=O)NC)n1. The standard InChI is InChI=1S/C18H24N10O2/c1-5-28(4)13-9-24-16(25-11-7-22-10-23-8-11)15(27-13)18(30)26-12(6-19)14(20-2)17(29)21-3/h6-10,12,19H,5H2,1-4H3,(H,21,29)(H,24,25)(H,26,30). The maximum Gasteiger partial charge on any atom is 0.274 e. The smallest absolute Gasteiger partial charge is 0.274 e. The van der Waals surface area contributed by atoms with Crippen molar-refractivity contribution >= 4 is 41.1 Å². The summed E-state index contributed by atoms with van der Waals surface area (Å²) in [7, 11) is 4.67. The molecule has 2 rings (SSSR count). The number of rotatable bonds is 9. The average Bonchev–Trinajstić information content (AvgIpc) is 2.78. The van der Waals surface area contributed by atoms with Crippen molar-refractivity contribution in [2.45, 2.75) is 13.0 Å². The molecule has 2 heterocycles. The van der Waals surface area contributed by atoms with E-state index in [0.717, 1.165) is 6.21 Å². The highest BCUT2D eigenvalue weighted by Crippen LogP contribution is 2.19. The highest BCUT2D eigenvalue weighted by Gasteiger charge is 2.25. The highest BCUT2D eigenvalue weighted by molar-refractivity contribution is 6.44. The summed E-state index contributed by atoms with van der Waals surface area (Å²) in [4.78, 5) is 47.3. The highest BCUT2D eigenvalue weighted by atomic mass is 16.2. The van der Waals surface area contributed by atoms with Gasteiger partial charge < -0.3 is 26.3 Å². The van der Waals surface area contributed by atoms with Gasteiger partial charge in [-0.05, 0) is 6.92 Å². The molecule has 158 valence electrons. The Morgan fingerprint density at radius 3 is 2.57 bits per heavy atom. The molecule has 4 N–H and O–H groups in total. The van der Waals surface area contributed by atoms with E-state index in [2.05, 4.69) is 40.9 Å². The second-order valence-electron chi connectivity index (χ2n) is 6.00. The maximum absolute atomic E-state index is 13.0. The van der Waals surface area contributed by atoms with Gasteiger partial charge in [0.25, 0.3) is 11.8 Å². The first-order valence-corrected chi connectivity index (χ1v) is 9.05. The minimum atomic E-state index is -1.04. The van der Waals surface area contributed by atoms with Gasteiger partial charge in [0.05, 0.1) is 24.3 Å². The van der Waals surface area contributed by atoms with Crippen LogP contribution in [-0.2, 0) is 4.79 Å². The van der Waals surface area contributed by atoms with Gasteiger partial charge in [-0.15, -0.1) is 0 Å². The van der Waals surface area contributed by atoms with E-state index in [0.29, 0.717) is 18.1 Å². The summed E-state index contributed by atoms with van der Waals surface area (Å²) in [6.45, 7) is 2.59. The van der Waals surface area contributed by atoms with Crippen LogP contribution in [0.1, 0.15) is 17.4 Å². The molecule has 0 aliphatic rings. The molecule has 1 atom stereocenters. The molecule has 12 nitrogen and oxygen atoms in total. The van der Waals surface area contributed by atoms with Crippen LogP contribution in [0.5, 0.6) is 0 Å². The van der Waals surface area contributed by atoms with Crippen molar-refractivity contribution in [2.75, 3.05) is 37.9 Å². The molecule has 1 unspecified atom stereocenters. The second kappa shape index (κ2) is 10.5. The van der Waals surface area contributed by atoms with Crippen molar-refractivity contribution in [3.8, 4) is 0 Å². The zero-order valence-corrected chi connectivity index (χ0v) is 17.2. The summed E-state index contributed by atoms with van der Waals surface area (Å²) in [5.74, 6) is -0.475. The Balaban J connectivity index is 2.41. The zero-order chi connectivity index (χ0) is 22.1. The van der Waals surface area contributed by atoms with Crippen LogP contribution in [0.25, 0.3) is 0 Å². The Morgan fingerprint density at radius 1 is 1.30 bits per heavy atom. The van der Waals surface area contributed by atoms with Gasteiger partial charge in [0.1, 0.15) is 23.9 Å². The van der Waals surface area contributed by atoms with E-state index in [1.807, 2.05) is 18.9 Å². The molecule has 0 fully saturated rings. The average molecular weight is 412 g/mol. The zero-order valence-electron chi connectivity index (χ0n) is 17.2. The second-order valence-corrected chi connectivity index (χ2v) is 6.00. The lowest BCUT2D eigenvalue weighted by Gasteiger charge is -2.19. The summed E-state index contributed by atoms with van der Waals surface area (Å²) in [5, 5.41) is 15.6. The molecule has 0 spiro atoms. The predicted molar refractivity (Wildman–Crippen MR) is 114 cm³/mol. The third-order valence-electron chi connectivity index (χ3n) is 4.11. The fourth-order valence-corrected chi connectivity index (χ4v) is 2.38. The summed E-state index contributed by atoms with van der Waals surface area (Å²) < 4.78 is 0. The van der Waals surface area contributed by atoms with Gasteiger partial charge in [0, 0.05) is 33.9 Å². The molecular formula is C18H24N10O2. The van der Waals surface area contributed by atoms with Gasteiger partial charge in [0.2, 0.25) is 0 Å². The maximum atomic E-state index is 13.0. The summed E-state index contributed by atoms with van der Waals surface area (Å²) >= 11 is 0. The molecule has 2 amide bonds. The number of nitrogens with one attached hydrogen (secondary N) is 4. The van der Waals surface area contributed by atoms with Crippen LogP contribution in [0.4, 0.5) is 17.3 Å². The lowest BCUT2D eigenvalue weighted by Crippen LogP contribution is -2.48. The number of aromatic nitrogens is 4. The Bertz CT molecular complexity index is 932. The molecule has 0 radical (unpaired) electrons. The Hall–Kier alpha value is -3.96. The molecule has 2 aromatic heterocycles. The number of aliphatic imine (C=N–C) groups is 1. The third-order valence-corrected chi connectivity index (χ3v) is 4.11. The first kappa shape index (κ1) is 22.3. The fraction of sp³-hybridized carbons (Fsp3) is 0.333. The number of hydrogen-bond donors (Lipinski definition) is 4. The van der Waals surface area contributed by atoms with Gasteiger partial charge in [-0.1, -0.05) is 0 Å². The molecule has 2 aromatic rings. The van der Waals surface area contributed by atoms with Crippen LogP contribution >= 0.6 is 0 Å². The molecule has 12 heteroatoms. The van der Waals surface area contributed by atoms with Crippen molar-refractivity contribution in [1.82, 2.24) is 30.6 Å². The monoisotopic (exact) mass is 412 g/mol. The number of anilines is 3. The first-order chi connectivity index (χ1) is 14.4. The molecule has 0 saturated carbocycles.